The lowest BCUT2D eigenvalue weighted by molar-refractivity contribution is -0.134. The lowest BCUT2D eigenvalue weighted by atomic mass is 9.62. The molecule has 0 aromatic carbocycles. The summed E-state index contributed by atoms with van der Waals surface area (Å²) in [6.45, 7) is 9.25. The molecule has 22 heavy (non-hydrogen) atoms. The first-order chi connectivity index (χ1) is 10.1. The van der Waals surface area contributed by atoms with Gasteiger partial charge >= 0.3 is 5.97 Å². The predicted octanol–water partition coefficient (Wildman–Crippen LogP) is 3.12. The van der Waals surface area contributed by atoms with Crippen molar-refractivity contribution >= 4 is 11.8 Å². The molecule has 0 saturated carbocycles. The lowest BCUT2D eigenvalue weighted by Crippen LogP contribution is -2.49. The third kappa shape index (κ3) is 3.38. The fourth-order valence-electron chi connectivity index (χ4n) is 2.95. The van der Waals surface area contributed by atoms with Crippen LogP contribution in [0.4, 0.5) is 0 Å². The number of rotatable bonds is 4. The number of carbonyl (C=O) groups is 2. The molecule has 1 N–H and O–H groups in total. The first-order valence-corrected chi connectivity index (χ1v) is 7.50. The van der Waals surface area contributed by atoms with Gasteiger partial charge in [0, 0.05) is 17.9 Å². The highest BCUT2D eigenvalue weighted by atomic mass is 16.5. The summed E-state index contributed by atoms with van der Waals surface area (Å²) >= 11 is 0. The Labute approximate surface area is 132 Å². The van der Waals surface area contributed by atoms with Crippen molar-refractivity contribution in [1.82, 2.24) is 0 Å². The van der Waals surface area contributed by atoms with Crippen molar-refractivity contribution in [2.75, 3.05) is 7.11 Å². The number of aliphatic hydroxyl groups is 1. The van der Waals surface area contributed by atoms with Gasteiger partial charge < -0.3 is 9.84 Å². The van der Waals surface area contributed by atoms with Crippen molar-refractivity contribution in [2.45, 2.75) is 53.1 Å². The zero-order valence-corrected chi connectivity index (χ0v) is 14.3. The van der Waals surface area contributed by atoms with Gasteiger partial charge in [-0.1, -0.05) is 26.8 Å². The van der Waals surface area contributed by atoms with Crippen LogP contribution in [-0.4, -0.2) is 29.6 Å². The van der Waals surface area contributed by atoms with E-state index in [4.69, 9.17) is 0 Å². The summed E-state index contributed by atoms with van der Waals surface area (Å²) < 4.78 is 4.58. The first-order valence-electron chi connectivity index (χ1n) is 7.50. The third-order valence-electron chi connectivity index (χ3n) is 4.48. The summed E-state index contributed by atoms with van der Waals surface area (Å²) in [6, 6.07) is 0. The number of esters is 1. The van der Waals surface area contributed by atoms with Crippen LogP contribution in [0, 0.1) is 5.41 Å². The Morgan fingerprint density at radius 1 is 1.41 bits per heavy atom. The van der Waals surface area contributed by atoms with Gasteiger partial charge in [-0.2, -0.15) is 0 Å². The normalized spacial score (nSPS) is 25.8. The standard InChI is InChI=1S/C18H26O4/c1-7-14-13(3)18(21,17(4,5)11-15(14)19)9-8-12(2)10-16(20)22-6/h8-10,21H,7,11H2,1-6H3/t18-/m1/s1. The number of carbonyl (C=O) groups excluding carboxylic acids is 2. The second-order valence-electron chi connectivity index (χ2n) is 6.45. The molecule has 4 nitrogen and oxygen atoms in total. The Hall–Kier alpha value is -1.68. The largest absolute Gasteiger partial charge is 0.466 e. The molecule has 0 aliphatic heterocycles. The summed E-state index contributed by atoms with van der Waals surface area (Å²) in [5.74, 6) is -0.335. The maximum Gasteiger partial charge on any atom is 0.330 e. The molecule has 1 aliphatic carbocycles. The minimum atomic E-state index is -1.21. The second-order valence-corrected chi connectivity index (χ2v) is 6.45. The number of Topliss-reactive ketones (excluding diaryl/α,β-unsaturated/α-hetero) is 1. The van der Waals surface area contributed by atoms with E-state index >= 15 is 0 Å². The van der Waals surface area contributed by atoms with Gasteiger partial charge in [0.05, 0.1) is 7.11 Å². The Balaban J connectivity index is 3.28. The van der Waals surface area contributed by atoms with E-state index in [1.54, 1.807) is 26.0 Å². The maximum absolute atomic E-state index is 12.2. The highest BCUT2D eigenvalue weighted by Gasteiger charge is 2.48. The van der Waals surface area contributed by atoms with Crippen LogP contribution in [0.5, 0.6) is 0 Å². The van der Waals surface area contributed by atoms with Crippen LogP contribution < -0.4 is 0 Å². The van der Waals surface area contributed by atoms with Gasteiger partial charge in [-0.3, -0.25) is 4.79 Å². The minimum Gasteiger partial charge on any atom is -0.466 e. The Bertz CT molecular complexity index is 564. The topological polar surface area (TPSA) is 63.6 Å². The predicted molar refractivity (Wildman–Crippen MR) is 86.3 cm³/mol. The highest BCUT2D eigenvalue weighted by molar-refractivity contribution is 5.98. The van der Waals surface area contributed by atoms with Crippen LogP contribution in [0.25, 0.3) is 0 Å². The average Bonchev–Trinajstić information content (AvgIpc) is 2.43. The summed E-state index contributed by atoms with van der Waals surface area (Å²) in [7, 11) is 1.32. The molecular formula is C18H26O4. The first kappa shape index (κ1) is 18.4. The van der Waals surface area contributed by atoms with Crippen molar-refractivity contribution in [3.63, 3.8) is 0 Å². The third-order valence-corrected chi connectivity index (χ3v) is 4.48. The van der Waals surface area contributed by atoms with Crippen LogP contribution in [-0.2, 0) is 14.3 Å². The SMILES string of the molecule is CCC1=C(C)[C@](O)(C=CC(C)=CC(=O)OC)C(C)(C)CC1=O. The van der Waals surface area contributed by atoms with E-state index in [1.165, 1.54) is 13.2 Å². The van der Waals surface area contributed by atoms with Gasteiger partial charge in [-0.15, -0.1) is 0 Å². The van der Waals surface area contributed by atoms with Crippen molar-refractivity contribution in [2.24, 2.45) is 5.41 Å². The quantitative estimate of drug-likeness (QED) is 0.492. The van der Waals surface area contributed by atoms with Crippen molar-refractivity contribution < 1.29 is 19.4 Å². The number of hydrogen-bond acceptors (Lipinski definition) is 4. The fraction of sp³-hybridized carbons (Fsp3) is 0.556. The summed E-state index contributed by atoms with van der Waals surface area (Å²) in [5.41, 5.74) is 0.255. The van der Waals surface area contributed by atoms with Gasteiger partial charge in [0.1, 0.15) is 5.60 Å². The molecule has 1 aliphatic rings. The van der Waals surface area contributed by atoms with Gasteiger partial charge in [0.2, 0.25) is 0 Å². The van der Waals surface area contributed by atoms with Crippen molar-refractivity contribution in [3.05, 3.63) is 34.9 Å². The van der Waals surface area contributed by atoms with E-state index in [9.17, 15) is 14.7 Å². The molecule has 0 heterocycles. The number of ether oxygens (including phenoxy) is 1. The Morgan fingerprint density at radius 2 is 2.00 bits per heavy atom. The molecule has 1 atom stereocenters. The Morgan fingerprint density at radius 3 is 2.50 bits per heavy atom. The second kappa shape index (κ2) is 6.61. The molecule has 1 rings (SSSR count). The summed E-state index contributed by atoms with van der Waals surface area (Å²) in [5, 5.41) is 11.2. The van der Waals surface area contributed by atoms with E-state index in [1.807, 2.05) is 20.8 Å². The molecule has 0 fully saturated rings. The molecule has 4 heteroatoms. The van der Waals surface area contributed by atoms with Crippen molar-refractivity contribution in [1.29, 1.82) is 0 Å². The molecule has 0 saturated heterocycles. The molecule has 0 bridgehead atoms. The number of ketones is 1. The number of hydrogen-bond donors (Lipinski definition) is 1. The molecule has 0 aromatic rings. The van der Waals surface area contributed by atoms with E-state index in [0.717, 1.165) is 0 Å². The van der Waals surface area contributed by atoms with Crippen LogP contribution >= 0.6 is 0 Å². The number of methoxy groups -OCH3 is 1. The smallest absolute Gasteiger partial charge is 0.330 e. The molecule has 122 valence electrons. The van der Waals surface area contributed by atoms with Crippen LogP contribution in [0.1, 0.15) is 47.5 Å². The van der Waals surface area contributed by atoms with E-state index in [0.29, 0.717) is 29.6 Å². The van der Waals surface area contributed by atoms with Gasteiger partial charge in [-0.05, 0) is 43.1 Å². The van der Waals surface area contributed by atoms with Gasteiger partial charge in [0.15, 0.2) is 5.78 Å². The number of allylic oxidation sites excluding steroid dienone is 3. The molecule has 0 unspecified atom stereocenters. The van der Waals surface area contributed by atoms with E-state index < -0.39 is 17.0 Å². The fourth-order valence-corrected chi connectivity index (χ4v) is 2.95. The molecule has 0 spiro atoms. The summed E-state index contributed by atoms with van der Waals surface area (Å²) in [6.07, 6.45) is 5.65. The van der Waals surface area contributed by atoms with Crippen LogP contribution in [0.2, 0.25) is 0 Å². The Kier molecular flexibility index (Phi) is 5.52. The average molecular weight is 306 g/mol. The zero-order valence-electron chi connectivity index (χ0n) is 14.3. The van der Waals surface area contributed by atoms with Gasteiger partial charge in [0.25, 0.3) is 0 Å². The van der Waals surface area contributed by atoms with Crippen LogP contribution in [0.15, 0.2) is 34.9 Å². The van der Waals surface area contributed by atoms with Crippen molar-refractivity contribution in [3.8, 4) is 0 Å². The highest BCUT2D eigenvalue weighted by Crippen LogP contribution is 2.47. The van der Waals surface area contributed by atoms with Gasteiger partial charge in [-0.25, -0.2) is 4.79 Å². The minimum absolute atomic E-state index is 0.102. The lowest BCUT2D eigenvalue weighted by Gasteiger charge is -2.45. The van der Waals surface area contributed by atoms with Crippen LogP contribution in [0.3, 0.4) is 0 Å². The van der Waals surface area contributed by atoms with E-state index in [-0.39, 0.29) is 5.78 Å². The maximum atomic E-state index is 12.2. The zero-order chi connectivity index (χ0) is 17.1. The monoisotopic (exact) mass is 306 g/mol. The molecule has 0 radical (unpaired) electrons. The molecule has 0 amide bonds. The molecule has 0 aromatic heterocycles. The molecular weight excluding hydrogens is 280 g/mol. The summed E-state index contributed by atoms with van der Waals surface area (Å²) in [4.78, 5) is 23.4. The van der Waals surface area contributed by atoms with E-state index in [2.05, 4.69) is 4.74 Å².